The van der Waals surface area contributed by atoms with Crippen molar-refractivity contribution in [2.75, 3.05) is 14.2 Å². The van der Waals surface area contributed by atoms with Crippen molar-refractivity contribution < 1.29 is 18.3 Å². The number of ether oxygens (including phenoxy) is 2. The molecule has 0 aliphatic rings. The van der Waals surface area contributed by atoms with E-state index in [0.717, 1.165) is 0 Å². The number of rotatable bonds is 4. The molecule has 112 valence electrons. The van der Waals surface area contributed by atoms with Gasteiger partial charge in [-0.15, -0.1) is 11.6 Å². The molecule has 0 aliphatic heterocycles. The summed E-state index contributed by atoms with van der Waals surface area (Å²) in [5.41, 5.74) is 0.632. The second-order valence-electron chi connectivity index (χ2n) is 4.56. The lowest BCUT2D eigenvalue weighted by molar-refractivity contribution is 0.391. The van der Waals surface area contributed by atoms with Crippen LogP contribution in [-0.4, -0.2) is 14.2 Å². The van der Waals surface area contributed by atoms with Crippen LogP contribution in [0.4, 0.5) is 8.78 Å². The summed E-state index contributed by atoms with van der Waals surface area (Å²) in [6, 6.07) is 7.51. The van der Waals surface area contributed by atoms with Crippen molar-refractivity contribution in [2.45, 2.75) is 12.3 Å². The average Bonchev–Trinajstić information content (AvgIpc) is 2.50. The van der Waals surface area contributed by atoms with Crippen molar-refractivity contribution in [3.8, 4) is 11.5 Å². The van der Waals surface area contributed by atoms with Gasteiger partial charge in [0.1, 0.15) is 23.1 Å². The first-order valence-electron chi connectivity index (χ1n) is 6.30. The molecule has 1 atom stereocenters. The molecule has 5 heteroatoms. The molecule has 2 nitrogen and oxygen atoms in total. The van der Waals surface area contributed by atoms with Gasteiger partial charge in [0.15, 0.2) is 0 Å². The van der Waals surface area contributed by atoms with Crippen molar-refractivity contribution in [1.29, 1.82) is 0 Å². The molecule has 2 aromatic carbocycles. The summed E-state index contributed by atoms with van der Waals surface area (Å²) in [7, 11) is 2.98. The molecule has 0 aliphatic carbocycles. The number of aryl methyl sites for hydroxylation is 1. The Morgan fingerprint density at radius 3 is 2.38 bits per heavy atom. The van der Waals surface area contributed by atoms with Crippen LogP contribution in [0, 0.1) is 18.6 Å². The number of hydrogen-bond acceptors (Lipinski definition) is 2. The van der Waals surface area contributed by atoms with Gasteiger partial charge in [0, 0.05) is 17.2 Å². The average molecular weight is 313 g/mol. The van der Waals surface area contributed by atoms with Crippen molar-refractivity contribution in [3.63, 3.8) is 0 Å². The first kappa shape index (κ1) is 15.6. The van der Waals surface area contributed by atoms with E-state index >= 15 is 0 Å². The van der Waals surface area contributed by atoms with E-state index in [1.165, 1.54) is 26.4 Å². The van der Waals surface area contributed by atoms with Gasteiger partial charge in [-0.1, -0.05) is 6.07 Å². The van der Waals surface area contributed by atoms with E-state index < -0.39 is 17.0 Å². The molecule has 2 aromatic rings. The molecule has 0 amide bonds. The van der Waals surface area contributed by atoms with Gasteiger partial charge >= 0.3 is 0 Å². The van der Waals surface area contributed by atoms with Gasteiger partial charge in [0.05, 0.1) is 19.6 Å². The summed E-state index contributed by atoms with van der Waals surface area (Å²) in [6.45, 7) is 1.56. The SMILES string of the molecule is COc1ccc(C(Cl)c2c(F)ccc(C)c2F)c(OC)c1. The van der Waals surface area contributed by atoms with Gasteiger partial charge in [-0.05, 0) is 30.7 Å². The summed E-state index contributed by atoms with van der Waals surface area (Å²) >= 11 is 6.29. The second-order valence-corrected chi connectivity index (χ2v) is 5.00. The highest BCUT2D eigenvalue weighted by molar-refractivity contribution is 6.22. The topological polar surface area (TPSA) is 18.5 Å². The van der Waals surface area contributed by atoms with Crippen LogP contribution in [0.2, 0.25) is 0 Å². The fourth-order valence-corrected chi connectivity index (χ4v) is 2.47. The quantitative estimate of drug-likeness (QED) is 0.767. The first-order chi connectivity index (χ1) is 9.99. The Morgan fingerprint density at radius 2 is 1.76 bits per heavy atom. The van der Waals surface area contributed by atoms with E-state index in [1.807, 2.05) is 0 Å². The van der Waals surface area contributed by atoms with Gasteiger partial charge < -0.3 is 9.47 Å². The molecular formula is C16H15ClF2O2. The Kier molecular flexibility index (Phi) is 4.68. The first-order valence-corrected chi connectivity index (χ1v) is 6.73. The standard InChI is InChI=1S/C16H15ClF2O2/c1-9-4-7-12(18)14(16(9)19)15(17)11-6-5-10(20-2)8-13(11)21-3/h4-8,15H,1-3H3. The fraction of sp³-hybridized carbons (Fsp3) is 0.250. The molecule has 0 saturated carbocycles. The zero-order valence-corrected chi connectivity index (χ0v) is 12.7. The maximum absolute atomic E-state index is 14.2. The molecule has 0 bridgehead atoms. The maximum atomic E-state index is 14.2. The summed E-state index contributed by atoms with van der Waals surface area (Å²) in [6.07, 6.45) is 0. The molecule has 0 fully saturated rings. The van der Waals surface area contributed by atoms with Crippen LogP contribution >= 0.6 is 11.6 Å². The van der Waals surface area contributed by atoms with Gasteiger partial charge in [0.2, 0.25) is 0 Å². The molecule has 0 aromatic heterocycles. The molecular weight excluding hydrogens is 298 g/mol. The third kappa shape index (κ3) is 2.95. The second kappa shape index (κ2) is 6.31. The third-order valence-corrected chi connectivity index (χ3v) is 3.74. The van der Waals surface area contributed by atoms with Crippen LogP contribution < -0.4 is 9.47 Å². The molecule has 1 unspecified atom stereocenters. The Morgan fingerprint density at radius 1 is 1.05 bits per heavy atom. The molecule has 21 heavy (non-hydrogen) atoms. The molecule has 0 heterocycles. The number of halogens is 3. The molecule has 0 saturated heterocycles. The van der Waals surface area contributed by atoms with Crippen molar-refractivity contribution in [2.24, 2.45) is 0 Å². The van der Waals surface area contributed by atoms with Crippen LogP contribution in [0.5, 0.6) is 11.5 Å². The zero-order chi connectivity index (χ0) is 15.6. The van der Waals surface area contributed by atoms with Crippen LogP contribution in [0.3, 0.4) is 0 Å². The van der Waals surface area contributed by atoms with E-state index in [0.29, 0.717) is 22.6 Å². The lowest BCUT2D eigenvalue weighted by Crippen LogP contribution is -2.04. The van der Waals surface area contributed by atoms with Gasteiger partial charge in [-0.2, -0.15) is 0 Å². The molecule has 0 radical (unpaired) electrons. The van der Waals surface area contributed by atoms with Crippen molar-refractivity contribution in [3.05, 3.63) is 58.7 Å². The van der Waals surface area contributed by atoms with Crippen LogP contribution in [0.1, 0.15) is 22.1 Å². The fourth-order valence-electron chi connectivity index (χ4n) is 2.09. The number of benzene rings is 2. The predicted molar refractivity (Wildman–Crippen MR) is 78.3 cm³/mol. The molecule has 2 rings (SSSR count). The lowest BCUT2D eigenvalue weighted by Gasteiger charge is -2.17. The lowest BCUT2D eigenvalue weighted by atomic mass is 10.00. The summed E-state index contributed by atoms with van der Waals surface area (Å²) in [5, 5.41) is -0.995. The maximum Gasteiger partial charge on any atom is 0.134 e. The van der Waals surface area contributed by atoms with E-state index in [1.54, 1.807) is 25.1 Å². The van der Waals surface area contributed by atoms with Crippen LogP contribution in [0.25, 0.3) is 0 Å². The Labute approximate surface area is 127 Å². The minimum atomic E-state index is -0.995. The van der Waals surface area contributed by atoms with Gasteiger partial charge in [-0.25, -0.2) is 8.78 Å². The smallest absolute Gasteiger partial charge is 0.134 e. The predicted octanol–water partition coefficient (Wildman–Crippen LogP) is 4.62. The highest BCUT2D eigenvalue weighted by atomic mass is 35.5. The van der Waals surface area contributed by atoms with Gasteiger partial charge in [-0.3, -0.25) is 0 Å². The zero-order valence-electron chi connectivity index (χ0n) is 11.9. The minimum absolute atomic E-state index is 0.180. The number of methoxy groups -OCH3 is 2. The normalized spacial score (nSPS) is 12.1. The molecule has 0 N–H and O–H groups in total. The van der Waals surface area contributed by atoms with E-state index in [9.17, 15) is 8.78 Å². The Bertz CT molecular complexity index is 659. The molecule has 0 spiro atoms. The van der Waals surface area contributed by atoms with Gasteiger partial charge in [0.25, 0.3) is 0 Å². The third-order valence-electron chi connectivity index (χ3n) is 3.29. The van der Waals surface area contributed by atoms with Crippen LogP contribution in [0.15, 0.2) is 30.3 Å². The van der Waals surface area contributed by atoms with Crippen LogP contribution in [-0.2, 0) is 0 Å². The van der Waals surface area contributed by atoms with Crippen molar-refractivity contribution in [1.82, 2.24) is 0 Å². The Hall–Kier alpha value is -1.81. The summed E-state index contributed by atoms with van der Waals surface area (Å²) < 4.78 is 38.5. The van der Waals surface area contributed by atoms with E-state index in [4.69, 9.17) is 21.1 Å². The van der Waals surface area contributed by atoms with Crippen molar-refractivity contribution >= 4 is 11.6 Å². The van der Waals surface area contributed by atoms with E-state index in [-0.39, 0.29) is 5.56 Å². The summed E-state index contributed by atoms with van der Waals surface area (Å²) in [5.74, 6) is -0.344. The monoisotopic (exact) mass is 312 g/mol. The minimum Gasteiger partial charge on any atom is -0.497 e. The highest BCUT2D eigenvalue weighted by Crippen LogP contribution is 2.39. The number of hydrogen-bond donors (Lipinski definition) is 0. The number of alkyl halides is 1. The largest absolute Gasteiger partial charge is 0.497 e. The Balaban J connectivity index is 2.55. The highest BCUT2D eigenvalue weighted by Gasteiger charge is 2.24. The summed E-state index contributed by atoms with van der Waals surface area (Å²) in [4.78, 5) is 0. The van der Waals surface area contributed by atoms with E-state index in [2.05, 4.69) is 0 Å².